The summed E-state index contributed by atoms with van der Waals surface area (Å²) in [5, 5.41) is 16.4. The van der Waals surface area contributed by atoms with Crippen LogP contribution in [0.5, 0.6) is 0 Å². The number of aliphatic hydroxyl groups is 1. The molecule has 2 fully saturated rings. The fourth-order valence-corrected chi connectivity index (χ4v) is 4.79. The number of aliphatic hydroxyl groups excluding tert-OH is 1. The van der Waals surface area contributed by atoms with E-state index < -0.39 is 0 Å². The molecular formula is C27H40IN5O. The Kier molecular flexibility index (Phi) is 10.8. The van der Waals surface area contributed by atoms with Gasteiger partial charge in [-0.05, 0) is 68.4 Å². The maximum atomic E-state index is 9.35. The van der Waals surface area contributed by atoms with Crippen LogP contribution in [0.4, 0.5) is 11.4 Å². The van der Waals surface area contributed by atoms with Gasteiger partial charge in [-0.25, -0.2) is 4.99 Å². The third-order valence-corrected chi connectivity index (χ3v) is 6.90. The molecule has 2 aliphatic heterocycles. The standard InChI is InChI=1S/C27H39N5O.HI/c1-2-28-27(30-24-14-18-32(19-15-24)25-6-4-3-5-7-25)29-20-22-8-10-26(11-9-22)31-16-12-23(21-33)13-17-31;/h3-11,23-24,33H,2,12-21H2,1H3,(H2,28,29,30);1H. The summed E-state index contributed by atoms with van der Waals surface area (Å²) in [6, 6.07) is 20.0. The number of para-hydroxylation sites is 1. The van der Waals surface area contributed by atoms with Crippen molar-refractivity contribution in [2.75, 3.05) is 49.1 Å². The van der Waals surface area contributed by atoms with Crippen molar-refractivity contribution in [1.82, 2.24) is 10.6 Å². The predicted molar refractivity (Wildman–Crippen MR) is 154 cm³/mol. The average Bonchev–Trinajstić information content (AvgIpc) is 2.89. The van der Waals surface area contributed by atoms with Gasteiger partial charge in [0.2, 0.25) is 0 Å². The van der Waals surface area contributed by atoms with Gasteiger partial charge in [0.05, 0.1) is 6.54 Å². The molecule has 0 spiro atoms. The molecule has 7 heteroatoms. The number of piperidine rings is 2. The Morgan fingerprint density at radius 3 is 2.06 bits per heavy atom. The highest BCUT2D eigenvalue weighted by molar-refractivity contribution is 14.0. The van der Waals surface area contributed by atoms with Crippen LogP contribution in [-0.4, -0.2) is 56.4 Å². The minimum Gasteiger partial charge on any atom is -0.396 e. The largest absolute Gasteiger partial charge is 0.396 e. The van der Waals surface area contributed by atoms with Crippen molar-refractivity contribution < 1.29 is 5.11 Å². The second kappa shape index (κ2) is 13.8. The van der Waals surface area contributed by atoms with Crippen molar-refractivity contribution in [2.24, 2.45) is 10.9 Å². The van der Waals surface area contributed by atoms with Gasteiger partial charge in [-0.3, -0.25) is 0 Å². The summed E-state index contributed by atoms with van der Waals surface area (Å²) < 4.78 is 0. The number of aliphatic imine (C=N–C) groups is 1. The molecule has 0 bridgehead atoms. The minimum absolute atomic E-state index is 0. The molecule has 3 N–H and O–H groups in total. The van der Waals surface area contributed by atoms with E-state index in [9.17, 15) is 5.11 Å². The van der Waals surface area contributed by atoms with Crippen molar-refractivity contribution in [3.8, 4) is 0 Å². The van der Waals surface area contributed by atoms with Crippen LogP contribution in [0.15, 0.2) is 59.6 Å². The summed E-state index contributed by atoms with van der Waals surface area (Å²) in [7, 11) is 0. The van der Waals surface area contributed by atoms with E-state index in [0.717, 1.165) is 64.4 Å². The zero-order chi connectivity index (χ0) is 22.9. The highest BCUT2D eigenvalue weighted by atomic mass is 127. The van der Waals surface area contributed by atoms with E-state index in [-0.39, 0.29) is 24.0 Å². The molecule has 2 aromatic rings. The first-order valence-corrected chi connectivity index (χ1v) is 12.5. The van der Waals surface area contributed by atoms with Gasteiger partial charge in [0.25, 0.3) is 0 Å². The Hall–Kier alpha value is -2.00. The van der Waals surface area contributed by atoms with Crippen molar-refractivity contribution in [1.29, 1.82) is 0 Å². The summed E-state index contributed by atoms with van der Waals surface area (Å²) in [6.07, 6.45) is 4.37. The van der Waals surface area contributed by atoms with E-state index >= 15 is 0 Å². The van der Waals surface area contributed by atoms with Crippen LogP contribution in [0.1, 0.15) is 38.2 Å². The van der Waals surface area contributed by atoms with Gasteiger partial charge >= 0.3 is 0 Å². The average molecular weight is 578 g/mol. The van der Waals surface area contributed by atoms with Crippen LogP contribution in [-0.2, 0) is 6.54 Å². The van der Waals surface area contributed by atoms with Crippen LogP contribution in [0.3, 0.4) is 0 Å². The SMILES string of the molecule is CCNC(=NCc1ccc(N2CCC(CO)CC2)cc1)NC1CCN(c2ccccc2)CC1.I. The second-order valence-corrected chi connectivity index (χ2v) is 9.22. The van der Waals surface area contributed by atoms with Crippen LogP contribution in [0.25, 0.3) is 0 Å². The number of benzene rings is 2. The molecule has 6 nitrogen and oxygen atoms in total. The quantitative estimate of drug-likeness (QED) is 0.261. The highest BCUT2D eigenvalue weighted by Crippen LogP contribution is 2.23. The first-order valence-electron chi connectivity index (χ1n) is 12.5. The zero-order valence-electron chi connectivity index (χ0n) is 20.3. The van der Waals surface area contributed by atoms with E-state index in [1.807, 2.05) is 0 Å². The van der Waals surface area contributed by atoms with Gasteiger partial charge in [0, 0.05) is 56.7 Å². The molecule has 0 radical (unpaired) electrons. The summed E-state index contributed by atoms with van der Waals surface area (Å²) in [5.74, 6) is 1.38. The summed E-state index contributed by atoms with van der Waals surface area (Å²) in [6.45, 7) is 8.16. The second-order valence-electron chi connectivity index (χ2n) is 9.22. The molecule has 2 aromatic carbocycles. The first kappa shape index (κ1) is 26.6. The van der Waals surface area contributed by atoms with Crippen LogP contribution < -0.4 is 20.4 Å². The fraction of sp³-hybridized carbons (Fsp3) is 0.519. The molecular weight excluding hydrogens is 537 g/mol. The molecule has 0 aromatic heterocycles. The molecule has 2 aliphatic rings. The van der Waals surface area contributed by atoms with E-state index in [4.69, 9.17) is 4.99 Å². The minimum atomic E-state index is 0. The van der Waals surface area contributed by atoms with Gasteiger partial charge in [-0.2, -0.15) is 0 Å². The Morgan fingerprint density at radius 1 is 0.882 bits per heavy atom. The number of hydrogen-bond donors (Lipinski definition) is 3. The molecule has 0 atom stereocenters. The maximum absolute atomic E-state index is 9.35. The number of hydrogen-bond acceptors (Lipinski definition) is 4. The lowest BCUT2D eigenvalue weighted by Crippen LogP contribution is -2.48. The van der Waals surface area contributed by atoms with E-state index in [1.54, 1.807) is 0 Å². The monoisotopic (exact) mass is 577 g/mol. The first-order chi connectivity index (χ1) is 16.2. The third-order valence-electron chi connectivity index (χ3n) is 6.90. The molecule has 34 heavy (non-hydrogen) atoms. The predicted octanol–water partition coefficient (Wildman–Crippen LogP) is 4.24. The summed E-state index contributed by atoms with van der Waals surface area (Å²) in [5.41, 5.74) is 3.81. The highest BCUT2D eigenvalue weighted by Gasteiger charge is 2.20. The van der Waals surface area contributed by atoms with Gasteiger partial charge < -0.3 is 25.5 Å². The fourth-order valence-electron chi connectivity index (χ4n) is 4.79. The molecule has 186 valence electrons. The normalized spacial score (nSPS) is 17.9. The van der Waals surface area contributed by atoms with Gasteiger partial charge in [0.1, 0.15) is 0 Å². The number of guanidine groups is 1. The Balaban J connectivity index is 0.00000324. The van der Waals surface area contributed by atoms with Crippen molar-refractivity contribution in [3.63, 3.8) is 0 Å². The molecule has 2 saturated heterocycles. The number of anilines is 2. The molecule has 0 amide bonds. The molecule has 2 heterocycles. The van der Waals surface area contributed by atoms with Crippen molar-refractivity contribution in [3.05, 3.63) is 60.2 Å². The topological polar surface area (TPSA) is 63.1 Å². The lowest BCUT2D eigenvalue weighted by molar-refractivity contribution is 0.203. The van der Waals surface area contributed by atoms with E-state index in [2.05, 4.69) is 82.0 Å². The Bertz CT molecular complexity index is 860. The smallest absolute Gasteiger partial charge is 0.191 e. The number of nitrogens with zero attached hydrogens (tertiary/aromatic N) is 3. The number of nitrogens with one attached hydrogen (secondary N) is 2. The third kappa shape index (κ3) is 7.50. The lowest BCUT2D eigenvalue weighted by Gasteiger charge is -2.34. The van der Waals surface area contributed by atoms with E-state index in [0.29, 0.717) is 25.1 Å². The maximum Gasteiger partial charge on any atom is 0.191 e. The summed E-state index contributed by atoms with van der Waals surface area (Å²) >= 11 is 0. The Morgan fingerprint density at radius 2 is 1.47 bits per heavy atom. The lowest BCUT2D eigenvalue weighted by atomic mass is 9.97. The van der Waals surface area contributed by atoms with Crippen LogP contribution in [0.2, 0.25) is 0 Å². The number of halogens is 1. The Labute approximate surface area is 221 Å². The van der Waals surface area contributed by atoms with Gasteiger partial charge in [-0.15, -0.1) is 24.0 Å². The molecule has 0 unspecified atom stereocenters. The molecule has 0 saturated carbocycles. The van der Waals surface area contributed by atoms with E-state index in [1.165, 1.54) is 16.9 Å². The summed E-state index contributed by atoms with van der Waals surface area (Å²) in [4.78, 5) is 9.75. The van der Waals surface area contributed by atoms with Crippen molar-refractivity contribution >= 4 is 41.3 Å². The molecule has 4 rings (SSSR count). The van der Waals surface area contributed by atoms with Crippen molar-refractivity contribution in [2.45, 2.75) is 45.2 Å². The molecule has 0 aliphatic carbocycles. The number of rotatable bonds is 7. The zero-order valence-corrected chi connectivity index (χ0v) is 22.7. The van der Waals surface area contributed by atoms with Gasteiger partial charge in [-0.1, -0.05) is 30.3 Å². The van der Waals surface area contributed by atoms with Gasteiger partial charge in [0.15, 0.2) is 5.96 Å². The van der Waals surface area contributed by atoms with Crippen LogP contribution >= 0.6 is 24.0 Å². The van der Waals surface area contributed by atoms with Crippen LogP contribution in [0, 0.1) is 5.92 Å².